The molecule has 0 unspecified atom stereocenters. The van der Waals surface area contributed by atoms with Crippen molar-refractivity contribution in [2.24, 2.45) is 17.0 Å². The molecule has 0 amide bonds. The van der Waals surface area contributed by atoms with Crippen molar-refractivity contribution in [2.45, 2.75) is 30.6 Å². The van der Waals surface area contributed by atoms with Gasteiger partial charge in [0.1, 0.15) is 4.90 Å². The molecule has 3 rings (SSSR count). The Hall–Kier alpha value is -1.67. The van der Waals surface area contributed by atoms with Crippen molar-refractivity contribution in [1.29, 1.82) is 0 Å². The van der Waals surface area contributed by atoms with Gasteiger partial charge in [-0.25, -0.2) is 13.6 Å². The zero-order valence-corrected chi connectivity index (χ0v) is 13.0. The highest BCUT2D eigenvalue weighted by Crippen LogP contribution is 2.40. The number of nitro benzene ring substituents is 1. The van der Waals surface area contributed by atoms with Crippen molar-refractivity contribution < 1.29 is 13.3 Å². The maximum Gasteiger partial charge on any atom is 0.271 e. The molecule has 2 fully saturated rings. The molecule has 8 heteroatoms. The van der Waals surface area contributed by atoms with Crippen LogP contribution in [0.25, 0.3) is 0 Å². The van der Waals surface area contributed by atoms with Gasteiger partial charge in [-0.2, -0.15) is 0 Å². The SMILES string of the molecule is NS(=O)(=O)c1ccc([N+](=O)[O-])cc1N1C[C@H]2CCCC[C@@H]2C1. The van der Waals surface area contributed by atoms with Crippen LogP contribution in [0.2, 0.25) is 0 Å². The van der Waals surface area contributed by atoms with Crippen LogP contribution in [0, 0.1) is 22.0 Å². The third-order valence-electron chi connectivity index (χ3n) is 4.78. The van der Waals surface area contributed by atoms with Crippen LogP contribution in [0.15, 0.2) is 23.1 Å². The molecule has 1 saturated heterocycles. The quantitative estimate of drug-likeness (QED) is 0.674. The van der Waals surface area contributed by atoms with Gasteiger partial charge in [-0.1, -0.05) is 12.8 Å². The summed E-state index contributed by atoms with van der Waals surface area (Å²) in [5.74, 6) is 1.09. The summed E-state index contributed by atoms with van der Waals surface area (Å²) in [6, 6.07) is 3.76. The molecule has 1 saturated carbocycles. The van der Waals surface area contributed by atoms with Gasteiger partial charge in [-0.15, -0.1) is 0 Å². The third-order valence-corrected chi connectivity index (χ3v) is 5.74. The molecule has 7 nitrogen and oxygen atoms in total. The maximum atomic E-state index is 11.8. The first-order chi connectivity index (χ1) is 10.4. The Kier molecular flexibility index (Phi) is 3.82. The van der Waals surface area contributed by atoms with Gasteiger partial charge in [0.15, 0.2) is 0 Å². The van der Waals surface area contributed by atoms with E-state index in [1.165, 1.54) is 31.0 Å². The average molecular weight is 325 g/mol. The van der Waals surface area contributed by atoms with E-state index in [2.05, 4.69) is 0 Å². The Morgan fingerprint density at radius 1 is 1.18 bits per heavy atom. The summed E-state index contributed by atoms with van der Waals surface area (Å²) in [7, 11) is -3.91. The van der Waals surface area contributed by atoms with Crippen LogP contribution in [0.4, 0.5) is 11.4 Å². The number of primary sulfonamides is 1. The molecular weight excluding hydrogens is 306 g/mol. The van der Waals surface area contributed by atoms with Crippen molar-refractivity contribution in [3.8, 4) is 0 Å². The van der Waals surface area contributed by atoms with E-state index in [1.54, 1.807) is 0 Å². The molecule has 0 aromatic heterocycles. The van der Waals surface area contributed by atoms with E-state index in [-0.39, 0.29) is 10.6 Å². The average Bonchev–Trinajstić information content (AvgIpc) is 2.89. The molecule has 0 radical (unpaired) electrons. The van der Waals surface area contributed by atoms with E-state index >= 15 is 0 Å². The molecule has 2 N–H and O–H groups in total. The number of nitro groups is 1. The normalized spacial score (nSPS) is 25.0. The first-order valence-corrected chi connectivity index (χ1v) is 8.97. The van der Waals surface area contributed by atoms with Gasteiger partial charge >= 0.3 is 0 Å². The monoisotopic (exact) mass is 325 g/mol. The number of fused-ring (bicyclic) bond motifs is 1. The smallest absolute Gasteiger partial charge is 0.271 e. The van der Waals surface area contributed by atoms with E-state index < -0.39 is 14.9 Å². The van der Waals surface area contributed by atoms with Crippen molar-refractivity contribution >= 4 is 21.4 Å². The first kappa shape index (κ1) is 15.2. The van der Waals surface area contributed by atoms with Crippen LogP contribution in [0.3, 0.4) is 0 Å². The number of hydrogen-bond donors (Lipinski definition) is 1. The lowest BCUT2D eigenvalue weighted by atomic mass is 9.82. The first-order valence-electron chi connectivity index (χ1n) is 7.42. The predicted molar refractivity (Wildman–Crippen MR) is 82.1 cm³/mol. The summed E-state index contributed by atoms with van der Waals surface area (Å²) in [6.07, 6.45) is 4.68. The van der Waals surface area contributed by atoms with E-state index in [9.17, 15) is 18.5 Å². The summed E-state index contributed by atoms with van der Waals surface area (Å²) in [5.41, 5.74) is 0.253. The Morgan fingerprint density at radius 2 is 1.77 bits per heavy atom. The lowest BCUT2D eigenvalue weighted by molar-refractivity contribution is -0.384. The van der Waals surface area contributed by atoms with Gasteiger partial charge in [0.25, 0.3) is 5.69 Å². The van der Waals surface area contributed by atoms with Gasteiger partial charge in [-0.3, -0.25) is 10.1 Å². The van der Waals surface area contributed by atoms with E-state index in [0.717, 1.165) is 25.9 Å². The number of hydrogen-bond acceptors (Lipinski definition) is 5. The molecule has 1 heterocycles. The molecular formula is C14H19N3O4S. The Labute approximate surface area is 129 Å². The number of benzene rings is 1. The fourth-order valence-electron chi connectivity index (χ4n) is 3.71. The number of rotatable bonds is 3. The topological polar surface area (TPSA) is 107 Å². The zero-order valence-electron chi connectivity index (χ0n) is 12.1. The van der Waals surface area contributed by atoms with Crippen LogP contribution in [0.1, 0.15) is 25.7 Å². The summed E-state index contributed by atoms with van der Waals surface area (Å²) >= 11 is 0. The fraction of sp³-hybridized carbons (Fsp3) is 0.571. The molecule has 2 aliphatic rings. The van der Waals surface area contributed by atoms with Crippen molar-refractivity contribution in [1.82, 2.24) is 0 Å². The molecule has 1 aliphatic heterocycles. The molecule has 2 atom stereocenters. The molecule has 0 bridgehead atoms. The highest BCUT2D eigenvalue weighted by molar-refractivity contribution is 7.89. The standard InChI is InChI=1S/C14H19N3O4S/c15-22(20,21)14-6-5-12(17(18)19)7-13(14)16-8-10-3-1-2-4-11(10)9-16/h5-7,10-11H,1-4,8-9H2,(H2,15,20,21)/t10-,11-/m1/s1. The molecule has 120 valence electrons. The van der Waals surface area contributed by atoms with E-state index in [0.29, 0.717) is 17.5 Å². The second kappa shape index (κ2) is 5.51. The molecule has 22 heavy (non-hydrogen) atoms. The third kappa shape index (κ3) is 2.80. The Balaban J connectivity index is 2.00. The number of nitrogens with two attached hydrogens (primary N) is 1. The summed E-state index contributed by atoms with van der Waals surface area (Å²) in [5, 5.41) is 16.3. The van der Waals surface area contributed by atoms with Crippen molar-refractivity contribution in [3.05, 3.63) is 28.3 Å². The number of nitrogens with zero attached hydrogens (tertiary/aromatic N) is 2. The van der Waals surface area contributed by atoms with E-state index in [1.807, 2.05) is 4.90 Å². The number of anilines is 1. The number of sulfonamides is 1. The van der Waals surface area contributed by atoms with Crippen LogP contribution in [-0.4, -0.2) is 26.4 Å². The highest BCUT2D eigenvalue weighted by Gasteiger charge is 2.36. The maximum absolute atomic E-state index is 11.8. The van der Waals surface area contributed by atoms with Gasteiger partial charge in [0, 0.05) is 25.2 Å². The van der Waals surface area contributed by atoms with Crippen LogP contribution in [-0.2, 0) is 10.0 Å². The zero-order chi connectivity index (χ0) is 15.9. The molecule has 1 aliphatic carbocycles. The minimum absolute atomic E-state index is 0.0308. The van der Waals surface area contributed by atoms with Gasteiger partial charge < -0.3 is 4.90 Å². The van der Waals surface area contributed by atoms with Gasteiger partial charge in [-0.05, 0) is 30.7 Å². The Bertz CT molecular complexity index is 690. The Morgan fingerprint density at radius 3 is 2.27 bits per heavy atom. The van der Waals surface area contributed by atoms with Crippen LogP contribution in [0.5, 0.6) is 0 Å². The lowest BCUT2D eigenvalue weighted by Gasteiger charge is -2.22. The minimum atomic E-state index is -3.91. The minimum Gasteiger partial charge on any atom is -0.370 e. The summed E-state index contributed by atoms with van der Waals surface area (Å²) in [6.45, 7) is 1.49. The van der Waals surface area contributed by atoms with Crippen LogP contribution < -0.4 is 10.0 Å². The van der Waals surface area contributed by atoms with Crippen molar-refractivity contribution in [3.63, 3.8) is 0 Å². The fourth-order valence-corrected chi connectivity index (χ4v) is 4.45. The lowest BCUT2D eigenvalue weighted by Crippen LogP contribution is -2.24. The molecule has 1 aromatic carbocycles. The highest BCUT2D eigenvalue weighted by atomic mass is 32.2. The summed E-state index contributed by atoms with van der Waals surface area (Å²) in [4.78, 5) is 12.4. The van der Waals surface area contributed by atoms with E-state index in [4.69, 9.17) is 5.14 Å². The number of non-ortho nitro benzene ring substituents is 1. The van der Waals surface area contributed by atoms with Crippen molar-refractivity contribution in [2.75, 3.05) is 18.0 Å². The molecule has 0 spiro atoms. The van der Waals surface area contributed by atoms with Gasteiger partial charge in [0.05, 0.1) is 10.6 Å². The summed E-state index contributed by atoms with van der Waals surface area (Å²) < 4.78 is 23.6. The van der Waals surface area contributed by atoms with Gasteiger partial charge in [0.2, 0.25) is 10.0 Å². The second-order valence-electron chi connectivity index (χ2n) is 6.16. The second-order valence-corrected chi connectivity index (χ2v) is 7.69. The largest absolute Gasteiger partial charge is 0.370 e. The van der Waals surface area contributed by atoms with Crippen LogP contribution >= 0.6 is 0 Å². The molecule has 1 aromatic rings. The predicted octanol–water partition coefficient (Wildman–Crippen LogP) is 1.87.